The number of amides is 2. The lowest BCUT2D eigenvalue weighted by Crippen LogP contribution is -2.33. The van der Waals surface area contributed by atoms with E-state index in [9.17, 15) is 14.4 Å². The number of hydrogen-bond acceptors (Lipinski definition) is 4. The van der Waals surface area contributed by atoms with Crippen molar-refractivity contribution in [2.45, 2.75) is 13.5 Å². The molecule has 0 aromatic heterocycles. The standard InChI is InChI=1S/C18H18N2O4/c1-13(21)15-8-5-9-16(10-15)20-17(22)11-19-18(23)24-12-14-6-3-2-4-7-14/h2-10H,11-12H2,1H3,(H,19,23)(H,20,22). The van der Waals surface area contributed by atoms with Gasteiger partial charge in [0.15, 0.2) is 5.78 Å². The third-order valence-corrected chi connectivity index (χ3v) is 3.16. The number of anilines is 1. The van der Waals surface area contributed by atoms with Crippen LogP contribution in [-0.4, -0.2) is 24.3 Å². The normalized spacial score (nSPS) is 9.88. The van der Waals surface area contributed by atoms with E-state index >= 15 is 0 Å². The van der Waals surface area contributed by atoms with Crippen LogP contribution in [0, 0.1) is 0 Å². The Kier molecular flexibility index (Phi) is 6.08. The van der Waals surface area contributed by atoms with Gasteiger partial charge in [0, 0.05) is 11.3 Å². The zero-order chi connectivity index (χ0) is 17.4. The first kappa shape index (κ1) is 17.2. The van der Waals surface area contributed by atoms with Crippen molar-refractivity contribution in [3.8, 4) is 0 Å². The van der Waals surface area contributed by atoms with Gasteiger partial charge in [-0.25, -0.2) is 4.79 Å². The molecule has 6 heteroatoms. The summed E-state index contributed by atoms with van der Waals surface area (Å²) in [5.41, 5.74) is 1.85. The molecule has 0 radical (unpaired) electrons. The summed E-state index contributed by atoms with van der Waals surface area (Å²) < 4.78 is 5.00. The van der Waals surface area contributed by atoms with Gasteiger partial charge < -0.3 is 15.4 Å². The molecule has 2 rings (SSSR count). The summed E-state index contributed by atoms with van der Waals surface area (Å²) in [5, 5.41) is 4.98. The first-order valence-electron chi connectivity index (χ1n) is 7.40. The highest BCUT2D eigenvalue weighted by atomic mass is 16.5. The lowest BCUT2D eigenvalue weighted by atomic mass is 10.1. The maximum atomic E-state index is 11.8. The van der Waals surface area contributed by atoms with Crippen molar-refractivity contribution in [2.75, 3.05) is 11.9 Å². The number of alkyl carbamates (subject to hydrolysis) is 1. The van der Waals surface area contributed by atoms with Gasteiger partial charge >= 0.3 is 6.09 Å². The van der Waals surface area contributed by atoms with Crippen LogP contribution in [0.25, 0.3) is 0 Å². The zero-order valence-corrected chi connectivity index (χ0v) is 13.2. The molecule has 2 aromatic carbocycles. The molecule has 2 aromatic rings. The summed E-state index contributed by atoms with van der Waals surface area (Å²) in [4.78, 5) is 34.7. The first-order valence-corrected chi connectivity index (χ1v) is 7.40. The quantitative estimate of drug-likeness (QED) is 0.799. The fourth-order valence-electron chi connectivity index (χ4n) is 1.95. The van der Waals surface area contributed by atoms with Crippen LogP contribution in [0.15, 0.2) is 54.6 Å². The Balaban J connectivity index is 1.75. The molecule has 2 N–H and O–H groups in total. The fourth-order valence-corrected chi connectivity index (χ4v) is 1.95. The second-order valence-corrected chi connectivity index (χ2v) is 5.10. The summed E-state index contributed by atoms with van der Waals surface area (Å²) in [6.07, 6.45) is -0.675. The van der Waals surface area contributed by atoms with Crippen LogP contribution in [0.2, 0.25) is 0 Å². The Morgan fingerprint density at radius 3 is 2.46 bits per heavy atom. The molecule has 0 aliphatic carbocycles. The van der Waals surface area contributed by atoms with Gasteiger partial charge in [-0.15, -0.1) is 0 Å². The Morgan fingerprint density at radius 2 is 1.75 bits per heavy atom. The molecule has 2 amide bonds. The molecule has 6 nitrogen and oxygen atoms in total. The number of ketones is 1. The monoisotopic (exact) mass is 326 g/mol. The highest BCUT2D eigenvalue weighted by molar-refractivity contribution is 5.98. The smallest absolute Gasteiger partial charge is 0.407 e. The van der Waals surface area contributed by atoms with Crippen molar-refractivity contribution in [3.63, 3.8) is 0 Å². The molecule has 0 fully saturated rings. The summed E-state index contributed by atoms with van der Waals surface area (Å²) in [6, 6.07) is 15.8. The maximum absolute atomic E-state index is 11.8. The average molecular weight is 326 g/mol. The molecule has 0 saturated heterocycles. The minimum Gasteiger partial charge on any atom is -0.445 e. The third kappa shape index (κ3) is 5.57. The summed E-state index contributed by atoms with van der Waals surface area (Å²) in [5.74, 6) is -0.499. The molecule has 0 spiro atoms. The number of carbonyl (C=O) groups is 3. The van der Waals surface area contributed by atoms with E-state index in [1.807, 2.05) is 30.3 Å². The van der Waals surface area contributed by atoms with Gasteiger partial charge in [-0.2, -0.15) is 0 Å². The third-order valence-electron chi connectivity index (χ3n) is 3.16. The second-order valence-electron chi connectivity index (χ2n) is 5.10. The van der Waals surface area contributed by atoms with E-state index in [0.717, 1.165) is 5.56 Å². The van der Waals surface area contributed by atoms with Crippen LogP contribution >= 0.6 is 0 Å². The van der Waals surface area contributed by atoms with Gasteiger partial charge in [-0.3, -0.25) is 9.59 Å². The topological polar surface area (TPSA) is 84.5 Å². The SMILES string of the molecule is CC(=O)c1cccc(NC(=O)CNC(=O)OCc2ccccc2)c1. The van der Waals surface area contributed by atoms with Crippen molar-refractivity contribution in [2.24, 2.45) is 0 Å². The van der Waals surface area contributed by atoms with Crippen LogP contribution < -0.4 is 10.6 Å². The van der Waals surface area contributed by atoms with Crippen LogP contribution in [0.1, 0.15) is 22.8 Å². The van der Waals surface area contributed by atoms with E-state index < -0.39 is 12.0 Å². The van der Waals surface area contributed by atoms with E-state index in [1.165, 1.54) is 6.92 Å². The number of Topliss-reactive ketones (excluding diaryl/α,β-unsaturated/α-hetero) is 1. The average Bonchev–Trinajstić information content (AvgIpc) is 2.59. The van der Waals surface area contributed by atoms with Gasteiger partial charge in [-0.1, -0.05) is 42.5 Å². The molecule has 0 bridgehead atoms. The number of rotatable bonds is 6. The Hall–Kier alpha value is -3.15. The predicted octanol–water partition coefficient (Wildman–Crippen LogP) is 2.75. The summed E-state index contributed by atoms with van der Waals surface area (Å²) in [6.45, 7) is 1.36. The van der Waals surface area contributed by atoms with Gasteiger partial charge in [0.05, 0.1) is 0 Å². The van der Waals surface area contributed by atoms with Gasteiger partial charge in [-0.05, 0) is 24.6 Å². The molecule has 0 atom stereocenters. The van der Waals surface area contributed by atoms with E-state index in [1.54, 1.807) is 24.3 Å². The molecule has 0 aliphatic heterocycles. The number of nitrogens with one attached hydrogen (secondary N) is 2. The molecule has 0 unspecified atom stereocenters. The van der Waals surface area contributed by atoms with E-state index in [2.05, 4.69) is 10.6 Å². The lowest BCUT2D eigenvalue weighted by Gasteiger charge is -2.08. The van der Waals surface area contributed by atoms with Gasteiger partial charge in [0.1, 0.15) is 13.2 Å². The fraction of sp³-hybridized carbons (Fsp3) is 0.167. The van der Waals surface area contributed by atoms with E-state index in [-0.39, 0.29) is 18.9 Å². The summed E-state index contributed by atoms with van der Waals surface area (Å²) in [7, 11) is 0. The van der Waals surface area contributed by atoms with Gasteiger partial charge in [0.2, 0.25) is 5.91 Å². The Labute approximate surface area is 139 Å². The highest BCUT2D eigenvalue weighted by Crippen LogP contribution is 2.10. The largest absolute Gasteiger partial charge is 0.445 e. The Morgan fingerprint density at radius 1 is 1.00 bits per heavy atom. The second kappa shape index (κ2) is 8.47. The minimum atomic E-state index is -0.675. The van der Waals surface area contributed by atoms with Crippen LogP contribution in [0.4, 0.5) is 10.5 Å². The van der Waals surface area contributed by atoms with E-state index in [0.29, 0.717) is 11.3 Å². The number of benzene rings is 2. The van der Waals surface area contributed by atoms with Crippen molar-refractivity contribution < 1.29 is 19.1 Å². The number of carbonyl (C=O) groups excluding carboxylic acids is 3. The van der Waals surface area contributed by atoms with Gasteiger partial charge in [0.25, 0.3) is 0 Å². The van der Waals surface area contributed by atoms with Crippen molar-refractivity contribution in [3.05, 3.63) is 65.7 Å². The summed E-state index contributed by atoms with van der Waals surface area (Å²) >= 11 is 0. The Bertz CT molecular complexity index is 729. The molecule has 0 heterocycles. The predicted molar refractivity (Wildman–Crippen MR) is 89.7 cm³/mol. The number of ether oxygens (including phenoxy) is 1. The lowest BCUT2D eigenvalue weighted by molar-refractivity contribution is -0.115. The maximum Gasteiger partial charge on any atom is 0.407 e. The highest BCUT2D eigenvalue weighted by Gasteiger charge is 2.08. The van der Waals surface area contributed by atoms with E-state index in [4.69, 9.17) is 4.74 Å². The molecule has 24 heavy (non-hydrogen) atoms. The molecule has 0 saturated carbocycles. The van der Waals surface area contributed by atoms with Crippen molar-refractivity contribution in [1.82, 2.24) is 5.32 Å². The van der Waals surface area contributed by atoms with Crippen LogP contribution in [-0.2, 0) is 16.1 Å². The molecular formula is C18H18N2O4. The first-order chi connectivity index (χ1) is 11.5. The molecular weight excluding hydrogens is 308 g/mol. The number of hydrogen-bond donors (Lipinski definition) is 2. The van der Waals surface area contributed by atoms with Crippen molar-refractivity contribution in [1.29, 1.82) is 0 Å². The van der Waals surface area contributed by atoms with Crippen LogP contribution in [0.5, 0.6) is 0 Å². The zero-order valence-electron chi connectivity index (χ0n) is 13.2. The van der Waals surface area contributed by atoms with Crippen molar-refractivity contribution >= 4 is 23.5 Å². The minimum absolute atomic E-state index is 0.0892. The van der Waals surface area contributed by atoms with Crippen LogP contribution in [0.3, 0.4) is 0 Å². The molecule has 124 valence electrons. The molecule has 0 aliphatic rings.